The van der Waals surface area contributed by atoms with E-state index in [0.717, 1.165) is 49.2 Å². The van der Waals surface area contributed by atoms with Crippen LogP contribution in [0.25, 0.3) is 0 Å². The number of amides is 5. The lowest BCUT2D eigenvalue weighted by molar-refractivity contribution is -0.143. The molecule has 1 atom stereocenters. The van der Waals surface area contributed by atoms with Crippen molar-refractivity contribution in [3.05, 3.63) is 56.5 Å². The number of hydroxylamine groups is 1. The number of likely N-dealkylation sites (tertiary alicyclic amines) is 2. The molecule has 6 rings (SSSR count). The number of para-hydroxylation sites is 1. The molecule has 3 fully saturated rings. The zero-order valence-electron chi connectivity index (χ0n) is 29.4. The first-order chi connectivity index (χ1) is 25.1. The fraction of sp³-hybridized carbons (Fsp3) is 0.556. The van der Waals surface area contributed by atoms with Crippen LogP contribution in [0.1, 0.15) is 36.8 Å². The maximum absolute atomic E-state index is 14.1. The van der Waals surface area contributed by atoms with Crippen LogP contribution in [0.15, 0.2) is 45.3 Å². The SMILES string of the molecule is CONC(=O)CN1CCC(N2CCN(C(=O)C(Cc3cc(Br)c(O)c(Br)c3)OC(=O)N3CCC(N4CCc5ccccc5NC4=O)CC3)CC2)CC1. The average molecular weight is 850 g/mol. The molecule has 4 aliphatic heterocycles. The van der Waals surface area contributed by atoms with Gasteiger partial charge in [-0.15, -0.1) is 0 Å². The van der Waals surface area contributed by atoms with Gasteiger partial charge in [0.15, 0.2) is 6.10 Å². The molecular weight excluding hydrogens is 802 g/mol. The van der Waals surface area contributed by atoms with E-state index in [2.05, 4.69) is 52.5 Å². The van der Waals surface area contributed by atoms with E-state index in [1.807, 2.05) is 29.2 Å². The number of aromatic hydroxyl groups is 1. The van der Waals surface area contributed by atoms with E-state index in [0.29, 0.717) is 80.2 Å². The Morgan fingerprint density at radius 3 is 2.23 bits per heavy atom. The Labute approximate surface area is 320 Å². The van der Waals surface area contributed by atoms with E-state index in [9.17, 15) is 24.3 Å². The van der Waals surface area contributed by atoms with Crippen molar-refractivity contribution < 1.29 is 33.9 Å². The molecule has 0 saturated carbocycles. The van der Waals surface area contributed by atoms with Crippen molar-refractivity contribution >= 4 is 61.5 Å². The van der Waals surface area contributed by atoms with Crippen LogP contribution >= 0.6 is 31.9 Å². The maximum Gasteiger partial charge on any atom is 0.410 e. The summed E-state index contributed by atoms with van der Waals surface area (Å²) in [5.74, 6) is -0.356. The van der Waals surface area contributed by atoms with Gasteiger partial charge < -0.3 is 29.9 Å². The Kier molecular flexibility index (Phi) is 13.0. The topological polar surface area (TPSA) is 147 Å². The van der Waals surface area contributed by atoms with Crippen LogP contribution in [0.3, 0.4) is 0 Å². The number of benzene rings is 2. The smallest absolute Gasteiger partial charge is 0.410 e. The number of carbonyl (C=O) groups excluding carboxylic acids is 4. The summed E-state index contributed by atoms with van der Waals surface area (Å²) in [5, 5.41) is 13.3. The number of halogens is 2. The van der Waals surface area contributed by atoms with Gasteiger partial charge in [0.25, 0.3) is 11.8 Å². The molecule has 0 spiro atoms. The predicted molar refractivity (Wildman–Crippen MR) is 201 cm³/mol. The lowest BCUT2D eigenvalue weighted by atomic mass is 10.0. The molecule has 4 aliphatic rings. The summed E-state index contributed by atoms with van der Waals surface area (Å²) in [6.07, 6.45) is 2.38. The zero-order valence-corrected chi connectivity index (χ0v) is 32.6. The minimum atomic E-state index is -1.06. The van der Waals surface area contributed by atoms with Crippen molar-refractivity contribution in [2.24, 2.45) is 0 Å². The Hall–Kier alpha value is -3.44. The minimum Gasteiger partial charge on any atom is -0.506 e. The zero-order chi connectivity index (χ0) is 36.8. The normalized spacial score (nSPS) is 20.1. The molecule has 3 saturated heterocycles. The van der Waals surface area contributed by atoms with E-state index in [1.54, 1.807) is 21.9 Å². The molecule has 2 aromatic rings. The van der Waals surface area contributed by atoms with Gasteiger partial charge in [0.1, 0.15) is 5.75 Å². The van der Waals surface area contributed by atoms with Gasteiger partial charge >= 0.3 is 12.1 Å². The van der Waals surface area contributed by atoms with E-state index in [4.69, 9.17) is 9.57 Å². The first-order valence-corrected chi connectivity index (χ1v) is 19.5. The van der Waals surface area contributed by atoms with Gasteiger partial charge in [0.2, 0.25) is 0 Å². The second-order valence-electron chi connectivity index (χ2n) is 13.8. The second-order valence-corrected chi connectivity index (χ2v) is 15.5. The summed E-state index contributed by atoms with van der Waals surface area (Å²) in [6.45, 7) is 5.80. The van der Waals surface area contributed by atoms with Crippen LogP contribution in [0.4, 0.5) is 15.3 Å². The van der Waals surface area contributed by atoms with E-state index in [1.165, 1.54) is 7.11 Å². The van der Waals surface area contributed by atoms with E-state index in [-0.39, 0.29) is 36.1 Å². The fourth-order valence-electron chi connectivity index (χ4n) is 7.73. The number of carbonyl (C=O) groups is 4. The lowest BCUT2D eigenvalue weighted by Crippen LogP contribution is -2.57. The number of fused-ring (bicyclic) bond motifs is 1. The van der Waals surface area contributed by atoms with Gasteiger partial charge in [0, 0.05) is 83.1 Å². The van der Waals surface area contributed by atoms with Crippen molar-refractivity contribution in [2.45, 2.75) is 56.7 Å². The Morgan fingerprint density at radius 2 is 1.56 bits per heavy atom. The van der Waals surface area contributed by atoms with Crippen LogP contribution in [0, 0.1) is 0 Å². The third kappa shape index (κ3) is 9.37. The molecule has 1 unspecified atom stereocenters. The van der Waals surface area contributed by atoms with Gasteiger partial charge in [-0.1, -0.05) is 18.2 Å². The molecule has 3 N–H and O–H groups in total. The van der Waals surface area contributed by atoms with Gasteiger partial charge in [-0.25, -0.2) is 15.1 Å². The molecule has 0 bridgehead atoms. The van der Waals surface area contributed by atoms with Crippen LogP contribution in [0.2, 0.25) is 0 Å². The molecule has 0 aromatic heterocycles. The molecule has 0 radical (unpaired) electrons. The highest BCUT2D eigenvalue weighted by Gasteiger charge is 2.36. The third-order valence-electron chi connectivity index (χ3n) is 10.6. The number of nitrogens with zero attached hydrogens (tertiary/aromatic N) is 5. The number of rotatable bonds is 9. The summed E-state index contributed by atoms with van der Waals surface area (Å²) >= 11 is 6.76. The summed E-state index contributed by atoms with van der Waals surface area (Å²) in [4.78, 5) is 67.3. The summed E-state index contributed by atoms with van der Waals surface area (Å²) in [7, 11) is 1.43. The monoisotopic (exact) mass is 847 g/mol. The van der Waals surface area contributed by atoms with Gasteiger partial charge in [-0.2, -0.15) is 0 Å². The largest absolute Gasteiger partial charge is 0.506 e. The first-order valence-electron chi connectivity index (χ1n) is 17.9. The van der Waals surface area contributed by atoms with Gasteiger partial charge in [-0.05, 0) is 93.3 Å². The molecule has 52 heavy (non-hydrogen) atoms. The standard InChI is InChI=1S/C36H47Br2N7O7/c1-51-40-32(46)23-41-11-7-26(8-12-41)42-16-18-43(19-17-42)34(48)31(22-24-20-28(37)33(47)29(38)21-24)52-36(50)44-13-9-27(10-14-44)45-15-6-25-4-2-3-5-30(25)39-35(45)49/h2-5,20-21,26-27,31,47H,6-19,22-23H2,1H3,(H,39,49)(H,40,46). The number of nitrogens with one attached hydrogen (secondary N) is 2. The van der Waals surface area contributed by atoms with Crippen LogP contribution in [-0.4, -0.2) is 144 Å². The van der Waals surface area contributed by atoms with Crippen molar-refractivity contribution in [1.29, 1.82) is 0 Å². The molecule has 2 aromatic carbocycles. The van der Waals surface area contributed by atoms with E-state index >= 15 is 0 Å². The van der Waals surface area contributed by atoms with Gasteiger partial charge in [-0.3, -0.25) is 24.2 Å². The van der Waals surface area contributed by atoms with Crippen LogP contribution < -0.4 is 10.8 Å². The van der Waals surface area contributed by atoms with Crippen molar-refractivity contribution in [2.75, 3.05) is 77.9 Å². The number of anilines is 1. The van der Waals surface area contributed by atoms with Crippen molar-refractivity contribution in [1.82, 2.24) is 30.0 Å². The molecule has 4 heterocycles. The number of hydrogen-bond donors (Lipinski definition) is 3. The molecule has 5 amide bonds. The minimum absolute atomic E-state index is 0.0128. The first kappa shape index (κ1) is 38.3. The highest BCUT2D eigenvalue weighted by molar-refractivity contribution is 9.11. The highest BCUT2D eigenvalue weighted by atomic mass is 79.9. The number of phenols is 1. The number of phenolic OH excluding ortho intramolecular Hbond substituents is 1. The van der Waals surface area contributed by atoms with Crippen LogP contribution in [0.5, 0.6) is 5.75 Å². The Morgan fingerprint density at radius 1 is 0.904 bits per heavy atom. The maximum atomic E-state index is 14.1. The van der Waals surface area contributed by atoms with Crippen LogP contribution in [-0.2, 0) is 32.0 Å². The summed E-state index contributed by atoms with van der Waals surface area (Å²) < 4.78 is 6.97. The molecule has 0 aliphatic carbocycles. The summed E-state index contributed by atoms with van der Waals surface area (Å²) in [5.41, 5.74) is 5.04. The quantitative estimate of drug-likeness (QED) is 0.321. The Balaban J connectivity index is 1.05. The third-order valence-corrected chi connectivity index (χ3v) is 11.8. The van der Waals surface area contributed by atoms with Crippen molar-refractivity contribution in [3.8, 4) is 5.75 Å². The highest BCUT2D eigenvalue weighted by Crippen LogP contribution is 2.34. The molecule has 282 valence electrons. The fourth-order valence-corrected chi connectivity index (χ4v) is 9.01. The summed E-state index contributed by atoms with van der Waals surface area (Å²) in [6, 6.07) is 11.5. The van der Waals surface area contributed by atoms with E-state index < -0.39 is 12.2 Å². The number of ether oxygens (including phenoxy) is 1. The second kappa shape index (κ2) is 17.6. The van der Waals surface area contributed by atoms with Gasteiger partial charge in [0.05, 0.1) is 22.6 Å². The Bertz CT molecular complexity index is 1590. The molecular formula is C36H47Br2N7O7. The predicted octanol–water partition coefficient (Wildman–Crippen LogP) is 3.81. The number of piperidine rings is 2. The lowest BCUT2D eigenvalue weighted by Gasteiger charge is -2.43. The number of piperazine rings is 1. The number of urea groups is 1. The number of hydrogen-bond acceptors (Lipinski definition) is 9. The molecule has 16 heteroatoms. The average Bonchev–Trinajstić information content (AvgIpc) is 3.31. The van der Waals surface area contributed by atoms with Crippen molar-refractivity contribution in [3.63, 3.8) is 0 Å². The molecule has 14 nitrogen and oxygen atoms in total.